The van der Waals surface area contributed by atoms with Gasteiger partial charge in [-0.3, -0.25) is 0 Å². The number of halogens is 2. The molecule has 3 fully saturated rings. The molecule has 0 saturated heterocycles. The molecule has 3 rings (SSSR count). The second-order valence-corrected chi connectivity index (χ2v) is 15.4. The van der Waals surface area contributed by atoms with Crippen molar-refractivity contribution in [3.8, 4) is 0 Å². The largest absolute Gasteiger partial charge is 0.245 e. The van der Waals surface area contributed by atoms with Gasteiger partial charge in [0.2, 0.25) is 0 Å². The average molecular weight is 561 g/mol. The average Bonchev–Trinajstić information content (AvgIpc) is 3.48. The molecule has 188 valence electrons. The maximum atomic E-state index is 14.4. The van der Waals surface area contributed by atoms with Gasteiger partial charge < -0.3 is 0 Å². The normalized spacial score (nSPS) is 33.5. The Morgan fingerprint density at radius 2 is 1.50 bits per heavy atom. The lowest BCUT2D eigenvalue weighted by molar-refractivity contribution is 0.152. The zero-order valence-corrected chi connectivity index (χ0v) is 24.3. The lowest BCUT2D eigenvalue weighted by Gasteiger charge is -2.35. The SMILES string of the molecule is CC(CC(CCC(C)(C)F)C[C@H](C)C[C@H]1CC[C@@H](C)CC1)CC1(C2CCC(I)CC2)CC1. The molecular weight excluding hydrogens is 506 g/mol. The van der Waals surface area contributed by atoms with Crippen molar-refractivity contribution in [1.29, 1.82) is 0 Å². The van der Waals surface area contributed by atoms with E-state index in [-0.39, 0.29) is 0 Å². The number of alkyl halides is 2. The van der Waals surface area contributed by atoms with Crippen LogP contribution in [0.25, 0.3) is 0 Å². The predicted octanol–water partition coefficient (Wildman–Crippen LogP) is 10.6. The third-order valence-electron chi connectivity index (χ3n) is 9.66. The molecule has 0 amide bonds. The molecule has 3 atom stereocenters. The molecule has 0 nitrogen and oxygen atoms in total. The van der Waals surface area contributed by atoms with Gasteiger partial charge in [0, 0.05) is 3.92 Å². The lowest BCUT2D eigenvalue weighted by Crippen LogP contribution is -2.25. The summed E-state index contributed by atoms with van der Waals surface area (Å²) in [6.45, 7) is 11.0. The highest BCUT2D eigenvalue weighted by Crippen LogP contribution is 2.60. The molecular formula is C30H54FI. The molecule has 3 aliphatic carbocycles. The Balaban J connectivity index is 1.50. The standard InChI is InChI=1S/C30H54FI/c1-22-6-8-25(9-7-22)18-23(2)19-26(14-15-29(4,5)31)20-24(3)21-30(16-17-30)27-10-12-28(32)13-11-27/h22-28H,6-21H2,1-5H3/t22-,23-,24?,25+,26?,27?,28?/m1/s1. The summed E-state index contributed by atoms with van der Waals surface area (Å²) < 4.78 is 15.3. The van der Waals surface area contributed by atoms with E-state index < -0.39 is 5.67 Å². The molecule has 0 spiro atoms. The first kappa shape index (κ1) is 27.3. The number of hydrogen-bond donors (Lipinski definition) is 0. The highest BCUT2D eigenvalue weighted by atomic mass is 127. The van der Waals surface area contributed by atoms with Crippen molar-refractivity contribution in [2.75, 3.05) is 0 Å². The Morgan fingerprint density at radius 1 is 0.906 bits per heavy atom. The van der Waals surface area contributed by atoms with Gasteiger partial charge in [0.05, 0.1) is 0 Å². The van der Waals surface area contributed by atoms with Crippen LogP contribution in [-0.2, 0) is 0 Å². The summed E-state index contributed by atoms with van der Waals surface area (Å²) in [6, 6.07) is 0. The van der Waals surface area contributed by atoms with Crippen LogP contribution in [0.15, 0.2) is 0 Å². The van der Waals surface area contributed by atoms with Gasteiger partial charge >= 0.3 is 0 Å². The van der Waals surface area contributed by atoms with Crippen LogP contribution in [-0.4, -0.2) is 9.59 Å². The van der Waals surface area contributed by atoms with Crippen molar-refractivity contribution in [3.63, 3.8) is 0 Å². The first-order valence-corrected chi connectivity index (χ1v) is 15.6. The van der Waals surface area contributed by atoms with Gasteiger partial charge in [-0.2, -0.15) is 0 Å². The zero-order chi connectivity index (χ0) is 23.4. The van der Waals surface area contributed by atoms with Crippen molar-refractivity contribution in [1.82, 2.24) is 0 Å². The Labute approximate surface area is 214 Å². The first-order chi connectivity index (χ1) is 15.0. The summed E-state index contributed by atoms with van der Waals surface area (Å²) in [6.07, 6.45) is 22.0. The summed E-state index contributed by atoms with van der Waals surface area (Å²) in [5.41, 5.74) is -0.315. The van der Waals surface area contributed by atoms with E-state index >= 15 is 0 Å². The molecule has 3 saturated carbocycles. The second kappa shape index (κ2) is 12.1. The molecule has 0 N–H and O–H groups in total. The first-order valence-electron chi connectivity index (χ1n) is 14.4. The van der Waals surface area contributed by atoms with Crippen LogP contribution >= 0.6 is 22.6 Å². The van der Waals surface area contributed by atoms with Gasteiger partial charge in [0.25, 0.3) is 0 Å². The summed E-state index contributed by atoms with van der Waals surface area (Å²) in [5.74, 6) is 5.25. The Hall–Kier alpha value is 0.660. The van der Waals surface area contributed by atoms with Gasteiger partial charge in [0.1, 0.15) is 5.67 Å². The maximum Gasteiger partial charge on any atom is 0.105 e. The van der Waals surface area contributed by atoms with Crippen LogP contribution in [0.4, 0.5) is 4.39 Å². The van der Waals surface area contributed by atoms with Gasteiger partial charge in [0.15, 0.2) is 0 Å². The third-order valence-corrected chi connectivity index (χ3v) is 10.9. The van der Waals surface area contributed by atoms with Crippen LogP contribution < -0.4 is 0 Å². The van der Waals surface area contributed by atoms with E-state index in [4.69, 9.17) is 0 Å². The molecule has 0 aromatic rings. The minimum Gasteiger partial charge on any atom is -0.245 e. The van der Waals surface area contributed by atoms with Crippen LogP contribution in [0.2, 0.25) is 0 Å². The molecule has 0 bridgehead atoms. The minimum atomic E-state index is -1.01. The highest BCUT2D eigenvalue weighted by Gasteiger charge is 2.49. The van der Waals surface area contributed by atoms with Crippen LogP contribution in [0.1, 0.15) is 137 Å². The third kappa shape index (κ3) is 9.03. The fourth-order valence-electron chi connectivity index (χ4n) is 7.63. The lowest BCUT2D eigenvalue weighted by atomic mass is 9.71. The highest BCUT2D eigenvalue weighted by molar-refractivity contribution is 14.1. The van der Waals surface area contributed by atoms with E-state index in [0.717, 1.165) is 52.3 Å². The smallest absolute Gasteiger partial charge is 0.105 e. The molecule has 0 radical (unpaired) electrons. The molecule has 0 heterocycles. The maximum absolute atomic E-state index is 14.4. The molecule has 0 aliphatic heterocycles. The summed E-state index contributed by atoms with van der Waals surface area (Å²) in [7, 11) is 0. The van der Waals surface area contributed by atoms with Gasteiger partial charge in [-0.1, -0.05) is 69.0 Å². The Bertz CT molecular complexity index is 532. The van der Waals surface area contributed by atoms with Crippen molar-refractivity contribution in [2.24, 2.45) is 40.9 Å². The van der Waals surface area contributed by atoms with Crippen LogP contribution in [0.3, 0.4) is 0 Å². The number of hydrogen-bond acceptors (Lipinski definition) is 0. The topological polar surface area (TPSA) is 0 Å². The fraction of sp³-hybridized carbons (Fsp3) is 1.00. The van der Waals surface area contributed by atoms with Crippen LogP contribution in [0, 0.1) is 40.9 Å². The van der Waals surface area contributed by atoms with E-state index in [2.05, 4.69) is 43.4 Å². The van der Waals surface area contributed by atoms with E-state index in [1.54, 1.807) is 13.8 Å². The molecule has 2 unspecified atom stereocenters. The van der Waals surface area contributed by atoms with E-state index in [0.29, 0.717) is 5.41 Å². The van der Waals surface area contributed by atoms with Crippen molar-refractivity contribution < 1.29 is 4.39 Å². The van der Waals surface area contributed by atoms with Crippen molar-refractivity contribution >= 4 is 22.6 Å². The Kier molecular flexibility index (Phi) is 10.3. The van der Waals surface area contributed by atoms with Crippen LogP contribution in [0.5, 0.6) is 0 Å². The summed E-state index contributed by atoms with van der Waals surface area (Å²) in [4.78, 5) is 0. The van der Waals surface area contributed by atoms with E-state index in [1.165, 1.54) is 89.9 Å². The Morgan fingerprint density at radius 3 is 2.06 bits per heavy atom. The molecule has 32 heavy (non-hydrogen) atoms. The fourth-order valence-corrected chi connectivity index (χ4v) is 8.35. The van der Waals surface area contributed by atoms with E-state index in [1.807, 2.05) is 0 Å². The van der Waals surface area contributed by atoms with Crippen molar-refractivity contribution in [2.45, 2.75) is 147 Å². The second-order valence-electron chi connectivity index (χ2n) is 13.7. The van der Waals surface area contributed by atoms with Gasteiger partial charge in [-0.25, -0.2) is 4.39 Å². The van der Waals surface area contributed by atoms with Gasteiger partial charge in [-0.05, 0) is 132 Å². The summed E-state index contributed by atoms with van der Waals surface area (Å²) in [5, 5.41) is 0. The molecule has 3 aliphatic rings. The monoisotopic (exact) mass is 560 g/mol. The minimum absolute atomic E-state index is 0.699. The quantitative estimate of drug-likeness (QED) is 0.165. The van der Waals surface area contributed by atoms with E-state index in [9.17, 15) is 4.39 Å². The predicted molar refractivity (Wildman–Crippen MR) is 147 cm³/mol. The molecule has 0 aromatic heterocycles. The van der Waals surface area contributed by atoms with Gasteiger partial charge in [-0.15, -0.1) is 0 Å². The number of rotatable bonds is 12. The van der Waals surface area contributed by atoms with Crippen molar-refractivity contribution in [3.05, 3.63) is 0 Å². The zero-order valence-electron chi connectivity index (χ0n) is 22.1. The molecule has 2 heteroatoms. The molecule has 0 aromatic carbocycles. The summed E-state index contributed by atoms with van der Waals surface area (Å²) >= 11 is 2.67.